The minimum atomic E-state index is 0.656. The Labute approximate surface area is 78.7 Å². The molecule has 1 aromatic rings. The molecule has 0 aliphatic rings. The van der Waals surface area contributed by atoms with Gasteiger partial charge in [0.05, 0.1) is 24.0 Å². The average molecular weight is 230 g/mol. The third kappa shape index (κ3) is 1.73. The summed E-state index contributed by atoms with van der Waals surface area (Å²) in [4.78, 5) is 3.78. The number of hydrogen-bond acceptors (Lipinski definition) is 3. The fraction of sp³-hybridized carbons (Fsp3) is 0.143. The molecule has 0 saturated heterocycles. The Balaban J connectivity index is 2.99. The van der Waals surface area contributed by atoms with Crippen LogP contribution in [-0.2, 0) is 4.74 Å². The topological polar surface area (TPSA) is 39.4 Å². The van der Waals surface area contributed by atoms with Crippen molar-refractivity contribution in [2.24, 2.45) is 4.99 Å². The number of hydrogen-bond donors (Lipinski definition) is 0. The summed E-state index contributed by atoms with van der Waals surface area (Å²) in [5, 5.41) is 3.99. The molecule has 0 amide bonds. The second-order valence-corrected chi connectivity index (χ2v) is 2.79. The number of ether oxygens (including phenoxy) is 1. The molecule has 0 N–H and O–H groups in total. The third-order valence-electron chi connectivity index (χ3n) is 1.21. The fourth-order valence-electron chi connectivity index (χ4n) is 0.710. The summed E-state index contributed by atoms with van der Waals surface area (Å²) < 4.78 is 7.10. The molecule has 64 valence electrons. The highest BCUT2D eigenvalue weighted by molar-refractivity contribution is 9.10. The Morgan fingerprint density at radius 2 is 2.58 bits per heavy atom. The Morgan fingerprint density at radius 1 is 1.83 bits per heavy atom. The molecule has 0 fully saturated rings. The molecule has 0 saturated carbocycles. The van der Waals surface area contributed by atoms with E-state index in [2.05, 4.69) is 32.7 Å². The number of aliphatic imine (C=N–C) groups is 1. The smallest absolute Gasteiger partial charge is 0.168 e. The number of nitrogens with zero attached hydrogens (tertiary/aromatic N) is 3. The van der Waals surface area contributed by atoms with Gasteiger partial charge in [-0.3, -0.25) is 0 Å². The van der Waals surface area contributed by atoms with Crippen molar-refractivity contribution < 1.29 is 4.74 Å². The van der Waals surface area contributed by atoms with Crippen molar-refractivity contribution in [2.75, 3.05) is 7.11 Å². The van der Waals surface area contributed by atoms with Crippen LogP contribution in [0.2, 0.25) is 0 Å². The summed E-state index contributed by atoms with van der Waals surface area (Å²) in [5.41, 5.74) is 0. The van der Waals surface area contributed by atoms with Crippen molar-refractivity contribution in [3.8, 4) is 0 Å². The summed E-state index contributed by atoms with van der Waals surface area (Å²) in [6, 6.07) is 0. The predicted octanol–water partition coefficient (Wildman–Crippen LogP) is 2.05. The Bertz CT molecular complexity index is 306. The van der Waals surface area contributed by atoms with Crippen molar-refractivity contribution in [1.29, 1.82) is 0 Å². The number of halogens is 1. The van der Waals surface area contributed by atoms with Crippen LogP contribution in [0, 0.1) is 0 Å². The minimum absolute atomic E-state index is 0.656. The van der Waals surface area contributed by atoms with Crippen molar-refractivity contribution in [1.82, 2.24) is 9.78 Å². The van der Waals surface area contributed by atoms with Gasteiger partial charge in [-0.15, -0.1) is 0 Å². The van der Waals surface area contributed by atoms with Crippen LogP contribution in [0.25, 0.3) is 6.20 Å². The van der Waals surface area contributed by atoms with Crippen LogP contribution >= 0.6 is 15.9 Å². The van der Waals surface area contributed by atoms with E-state index >= 15 is 0 Å². The Morgan fingerprint density at radius 3 is 3.17 bits per heavy atom. The zero-order chi connectivity index (χ0) is 8.97. The lowest BCUT2D eigenvalue weighted by Crippen LogP contribution is -1.87. The van der Waals surface area contributed by atoms with Crippen LogP contribution in [-0.4, -0.2) is 23.6 Å². The normalized spacial score (nSPS) is 10.5. The lowest BCUT2D eigenvalue weighted by atomic mass is 10.6. The second-order valence-electron chi connectivity index (χ2n) is 1.94. The zero-order valence-electron chi connectivity index (χ0n) is 6.57. The predicted molar refractivity (Wildman–Crippen MR) is 51.5 cm³/mol. The van der Waals surface area contributed by atoms with Crippen LogP contribution in [0.3, 0.4) is 0 Å². The van der Waals surface area contributed by atoms with E-state index in [9.17, 15) is 0 Å². The molecule has 1 heterocycles. The molecule has 0 bridgehead atoms. The van der Waals surface area contributed by atoms with Gasteiger partial charge in [-0.1, -0.05) is 0 Å². The molecule has 1 aromatic heterocycles. The first-order chi connectivity index (χ1) is 5.79. The molecule has 1 rings (SSSR count). The maximum Gasteiger partial charge on any atom is 0.168 e. The molecule has 0 aliphatic carbocycles. The van der Waals surface area contributed by atoms with E-state index in [4.69, 9.17) is 4.74 Å². The molecule has 0 radical (unpaired) electrons. The third-order valence-corrected chi connectivity index (χ3v) is 1.77. The van der Waals surface area contributed by atoms with Gasteiger partial charge >= 0.3 is 0 Å². The van der Waals surface area contributed by atoms with Gasteiger partial charge in [-0.25, -0.2) is 9.67 Å². The highest BCUT2D eigenvalue weighted by Gasteiger charge is 2.02. The van der Waals surface area contributed by atoms with Gasteiger partial charge in [0.1, 0.15) is 6.26 Å². The van der Waals surface area contributed by atoms with Gasteiger partial charge in [0, 0.05) is 0 Å². The SMILES string of the molecule is C=Nc1c(Br)cnn1/C=C/OC. The van der Waals surface area contributed by atoms with Crippen LogP contribution in [0.5, 0.6) is 0 Å². The van der Waals surface area contributed by atoms with Crippen molar-refractivity contribution in [3.63, 3.8) is 0 Å². The van der Waals surface area contributed by atoms with Crippen LogP contribution in [0.1, 0.15) is 0 Å². The fourth-order valence-corrected chi connectivity index (χ4v) is 1.11. The molecule has 5 heteroatoms. The summed E-state index contributed by atoms with van der Waals surface area (Å²) in [5.74, 6) is 0.656. The molecule has 0 atom stereocenters. The van der Waals surface area contributed by atoms with Crippen LogP contribution in [0.4, 0.5) is 5.82 Å². The van der Waals surface area contributed by atoms with E-state index in [0.717, 1.165) is 4.47 Å². The summed E-state index contributed by atoms with van der Waals surface area (Å²) in [6.07, 6.45) is 4.80. The monoisotopic (exact) mass is 229 g/mol. The first-order valence-electron chi connectivity index (χ1n) is 3.18. The van der Waals surface area contributed by atoms with Gasteiger partial charge in [-0.05, 0) is 22.6 Å². The molecule has 4 nitrogen and oxygen atoms in total. The van der Waals surface area contributed by atoms with E-state index in [1.807, 2.05) is 0 Å². The lowest BCUT2D eigenvalue weighted by Gasteiger charge is -1.94. The Hall–Kier alpha value is -1.10. The highest BCUT2D eigenvalue weighted by Crippen LogP contribution is 2.23. The lowest BCUT2D eigenvalue weighted by molar-refractivity contribution is 0.339. The molecule has 0 unspecified atom stereocenters. The van der Waals surface area contributed by atoms with Gasteiger partial charge in [0.2, 0.25) is 0 Å². The number of aromatic nitrogens is 2. The van der Waals surface area contributed by atoms with Gasteiger partial charge in [-0.2, -0.15) is 5.10 Å². The maximum absolute atomic E-state index is 4.74. The standard InChI is InChI=1S/C7H8BrN3O/c1-9-7-6(8)5-10-11(7)3-4-12-2/h3-5H,1H2,2H3/b4-3+. The quantitative estimate of drug-likeness (QED) is 0.588. The van der Waals surface area contributed by atoms with E-state index in [1.165, 1.54) is 6.26 Å². The highest BCUT2D eigenvalue weighted by atomic mass is 79.9. The molecular formula is C7H8BrN3O. The van der Waals surface area contributed by atoms with Gasteiger partial charge < -0.3 is 4.74 Å². The van der Waals surface area contributed by atoms with E-state index in [1.54, 1.807) is 24.2 Å². The summed E-state index contributed by atoms with van der Waals surface area (Å²) in [6.45, 7) is 3.42. The van der Waals surface area contributed by atoms with Gasteiger partial charge in [0.15, 0.2) is 5.82 Å². The molecule has 0 aromatic carbocycles. The molecule has 0 aliphatic heterocycles. The van der Waals surface area contributed by atoms with Crippen molar-refractivity contribution >= 4 is 34.7 Å². The first kappa shape index (κ1) is 8.99. The second kappa shape index (κ2) is 4.06. The first-order valence-corrected chi connectivity index (χ1v) is 3.98. The summed E-state index contributed by atoms with van der Waals surface area (Å²) >= 11 is 3.28. The van der Waals surface area contributed by atoms with Crippen LogP contribution < -0.4 is 0 Å². The van der Waals surface area contributed by atoms with Gasteiger partial charge in [0.25, 0.3) is 0 Å². The van der Waals surface area contributed by atoms with Crippen LogP contribution in [0.15, 0.2) is 21.9 Å². The molecular weight excluding hydrogens is 222 g/mol. The number of rotatable bonds is 3. The van der Waals surface area contributed by atoms with E-state index in [0.29, 0.717) is 5.82 Å². The van der Waals surface area contributed by atoms with E-state index < -0.39 is 0 Å². The van der Waals surface area contributed by atoms with Crippen molar-refractivity contribution in [3.05, 3.63) is 16.9 Å². The van der Waals surface area contributed by atoms with E-state index in [-0.39, 0.29) is 0 Å². The summed E-state index contributed by atoms with van der Waals surface area (Å²) in [7, 11) is 1.57. The largest absolute Gasteiger partial charge is 0.503 e. The molecule has 12 heavy (non-hydrogen) atoms. The Kier molecular flexibility index (Phi) is 3.04. The van der Waals surface area contributed by atoms with Crippen molar-refractivity contribution in [2.45, 2.75) is 0 Å². The molecule has 0 spiro atoms. The zero-order valence-corrected chi connectivity index (χ0v) is 8.15. The minimum Gasteiger partial charge on any atom is -0.503 e. The average Bonchev–Trinajstić information content (AvgIpc) is 2.43. The maximum atomic E-state index is 4.74. The number of methoxy groups -OCH3 is 1.